The molecule has 0 aliphatic carbocycles. The molecule has 1 aliphatic rings. The monoisotopic (exact) mass is 159 g/mol. The zero-order chi connectivity index (χ0) is 7.61. The van der Waals surface area contributed by atoms with Crippen molar-refractivity contribution in [2.45, 2.75) is 13.8 Å². The highest BCUT2D eigenvalue weighted by Crippen LogP contribution is 2.37. The van der Waals surface area contributed by atoms with Crippen LogP contribution < -0.4 is 0 Å². The Kier molecular flexibility index (Phi) is 2.64. The van der Waals surface area contributed by atoms with Gasteiger partial charge in [-0.15, -0.1) is 0 Å². The molecule has 0 N–H and O–H groups in total. The molecule has 0 aromatic carbocycles. The maximum atomic E-state index is 2.40. The second kappa shape index (κ2) is 3.14. The summed E-state index contributed by atoms with van der Waals surface area (Å²) in [5.41, 5.74) is 0.634. The van der Waals surface area contributed by atoms with E-state index in [1.165, 1.54) is 24.6 Å². The van der Waals surface area contributed by atoms with E-state index in [1.807, 2.05) is 0 Å². The molecule has 0 atom stereocenters. The van der Waals surface area contributed by atoms with Crippen LogP contribution in [0.5, 0.6) is 0 Å². The molecule has 2 heteroatoms. The van der Waals surface area contributed by atoms with Crippen molar-refractivity contribution in [3.05, 3.63) is 0 Å². The molecule has 60 valence electrons. The van der Waals surface area contributed by atoms with Crippen LogP contribution in [0.2, 0.25) is 0 Å². The van der Waals surface area contributed by atoms with Crippen molar-refractivity contribution in [1.29, 1.82) is 0 Å². The van der Waals surface area contributed by atoms with E-state index < -0.39 is 0 Å². The van der Waals surface area contributed by atoms with Crippen molar-refractivity contribution in [2.75, 3.05) is 31.6 Å². The minimum absolute atomic E-state index is 0.634. The SMILES string of the molecule is CCN(C)CC1(C)CSC1. The van der Waals surface area contributed by atoms with Crippen LogP contribution in [0.25, 0.3) is 0 Å². The Balaban J connectivity index is 2.22. The predicted octanol–water partition coefficient (Wildman–Crippen LogP) is 1.69. The molecule has 1 rings (SSSR count). The number of rotatable bonds is 3. The summed E-state index contributed by atoms with van der Waals surface area (Å²) in [6, 6.07) is 0. The summed E-state index contributed by atoms with van der Waals surface area (Å²) in [4.78, 5) is 2.40. The fourth-order valence-corrected chi connectivity index (χ4v) is 2.39. The molecule has 0 spiro atoms. The van der Waals surface area contributed by atoms with E-state index >= 15 is 0 Å². The van der Waals surface area contributed by atoms with Crippen LogP contribution in [0.15, 0.2) is 0 Å². The lowest BCUT2D eigenvalue weighted by Crippen LogP contribution is -2.42. The largest absolute Gasteiger partial charge is 0.306 e. The third-order valence-electron chi connectivity index (χ3n) is 2.09. The van der Waals surface area contributed by atoms with E-state index in [2.05, 4.69) is 37.6 Å². The number of nitrogens with zero attached hydrogens (tertiary/aromatic N) is 1. The van der Waals surface area contributed by atoms with E-state index in [4.69, 9.17) is 0 Å². The highest BCUT2D eigenvalue weighted by molar-refractivity contribution is 8.00. The minimum Gasteiger partial charge on any atom is -0.306 e. The van der Waals surface area contributed by atoms with Crippen molar-refractivity contribution in [1.82, 2.24) is 4.90 Å². The third-order valence-corrected chi connectivity index (χ3v) is 3.89. The zero-order valence-corrected chi connectivity index (χ0v) is 8.00. The van der Waals surface area contributed by atoms with E-state index in [-0.39, 0.29) is 0 Å². The van der Waals surface area contributed by atoms with Gasteiger partial charge in [0, 0.05) is 18.1 Å². The van der Waals surface area contributed by atoms with E-state index in [1.54, 1.807) is 0 Å². The van der Waals surface area contributed by atoms with Crippen molar-refractivity contribution in [2.24, 2.45) is 5.41 Å². The molecule has 1 fully saturated rings. The standard InChI is InChI=1S/C8H17NS/c1-4-9(3)5-8(2)6-10-7-8/h4-7H2,1-3H3. The van der Waals surface area contributed by atoms with Gasteiger partial charge in [-0.05, 0) is 19.0 Å². The van der Waals surface area contributed by atoms with Crippen LogP contribution in [-0.2, 0) is 0 Å². The highest BCUT2D eigenvalue weighted by Gasteiger charge is 2.33. The lowest BCUT2D eigenvalue weighted by Gasteiger charge is -2.40. The summed E-state index contributed by atoms with van der Waals surface area (Å²) in [5, 5.41) is 0. The molecular weight excluding hydrogens is 142 g/mol. The van der Waals surface area contributed by atoms with Gasteiger partial charge in [0.1, 0.15) is 0 Å². The van der Waals surface area contributed by atoms with Gasteiger partial charge < -0.3 is 4.90 Å². The zero-order valence-electron chi connectivity index (χ0n) is 7.18. The molecule has 1 saturated heterocycles. The van der Waals surface area contributed by atoms with Gasteiger partial charge in [0.05, 0.1) is 0 Å². The average Bonchev–Trinajstić information content (AvgIpc) is 1.84. The van der Waals surface area contributed by atoms with Gasteiger partial charge >= 0.3 is 0 Å². The Morgan fingerprint density at radius 3 is 2.40 bits per heavy atom. The Morgan fingerprint density at radius 1 is 1.50 bits per heavy atom. The second-order valence-corrected chi connectivity index (χ2v) is 4.62. The highest BCUT2D eigenvalue weighted by atomic mass is 32.2. The number of thioether (sulfide) groups is 1. The van der Waals surface area contributed by atoms with Gasteiger partial charge in [-0.3, -0.25) is 0 Å². The summed E-state index contributed by atoms with van der Waals surface area (Å²) in [6.45, 7) is 7.06. The molecule has 1 heterocycles. The average molecular weight is 159 g/mol. The second-order valence-electron chi connectivity index (χ2n) is 3.63. The first-order valence-corrected chi connectivity index (χ1v) is 5.08. The van der Waals surface area contributed by atoms with Crippen LogP contribution in [0.1, 0.15) is 13.8 Å². The van der Waals surface area contributed by atoms with Crippen LogP contribution in [0, 0.1) is 5.41 Å². The fourth-order valence-electron chi connectivity index (χ4n) is 1.31. The molecule has 0 aromatic heterocycles. The Morgan fingerprint density at radius 2 is 2.10 bits per heavy atom. The molecule has 1 nitrogen and oxygen atoms in total. The topological polar surface area (TPSA) is 3.24 Å². The molecule has 0 unspecified atom stereocenters. The predicted molar refractivity (Wildman–Crippen MR) is 48.6 cm³/mol. The van der Waals surface area contributed by atoms with Gasteiger partial charge in [0.15, 0.2) is 0 Å². The molecule has 0 aromatic rings. The van der Waals surface area contributed by atoms with Crippen LogP contribution in [0.4, 0.5) is 0 Å². The quantitative estimate of drug-likeness (QED) is 0.616. The summed E-state index contributed by atoms with van der Waals surface area (Å²) in [5.74, 6) is 2.72. The van der Waals surface area contributed by atoms with Crippen LogP contribution in [0.3, 0.4) is 0 Å². The first-order valence-electron chi connectivity index (χ1n) is 3.92. The maximum Gasteiger partial charge on any atom is 0.00480 e. The smallest absolute Gasteiger partial charge is 0.00480 e. The normalized spacial score (nSPS) is 22.8. The summed E-state index contributed by atoms with van der Waals surface area (Å²) < 4.78 is 0. The van der Waals surface area contributed by atoms with Gasteiger partial charge in [-0.2, -0.15) is 11.8 Å². The first kappa shape index (κ1) is 8.41. The third kappa shape index (κ3) is 1.89. The van der Waals surface area contributed by atoms with Gasteiger partial charge in [0.2, 0.25) is 0 Å². The van der Waals surface area contributed by atoms with Gasteiger partial charge in [-0.1, -0.05) is 13.8 Å². The van der Waals surface area contributed by atoms with Crippen molar-refractivity contribution >= 4 is 11.8 Å². The molecule has 0 radical (unpaired) electrons. The Hall–Kier alpha value is 0.310. The lowest BCUT2D eigenvalue weighted by atomic mass is 9.94. The van der Waals surface area contributed by atoms with E-state index in [0.29, 0.717) is 5.41 Å². The van der Waals surface area contributed by atoms with Crippen LogP contribution >= 0.6 is 11.8 Å². The van der Waals surface area contributed by atoms with Gasteiger partial charge in [-0.25, -0.2) is 0 Å². The summed E-state index contributed by atoms with van der Waals surface area (Å²) in [7, 11) is 2.20. The Labute approximate surface area is 68.2 Å². The van der Waals surface area contributed by atoms with Crippen LogP contribution in [-0.4, -0.2) is 36.5 Å². The Bertz CT molecular complexity index is 110. The first-order chi connectivity index (χ1) is 4.66. The molecule has 0 saturated carbocycles. The minimum atomic E-state index is 0.634. The molecule has 1 aliphatic heterocycles. The summed E-state index contributed by atoms with van der Waals surface area (Å²) in [6.07, 6.45) is 0. The maximum absolute atomic E-state index is 2.40. The van der Waals surface area contributed by atoms with E-state index in [9.17, 15) is 0 Å². The molecule has 10 heavy (non-hydrogen) atoms. The van der Waals surface area contributed by atoms with Crippen molar-refractivity contribution < 1.29 is 0 Å². The van der Waals surface area contributed by atoms with Crippen molar-refractivity contribution in [3.8, 4) is 0 Å². The summed E-state index contributed by atoms with van der Waals surface area (Å²) >= 11 is 2.07. The number of hydrogen-bond acceptors (Lipinski definition) is 2. The lowest BCUT2D eigenvalue weighted by molar-refractivity contribution is 0.234. The van der Waals surface area contributed by atoms with E-state index in [0.717, 1.165) is 0 Å². The fraction of sp³-hybridized carbons (Fsp3) is 1.00. The molecule has 0 bridgehead atoms. The van der Waals surface area contributed by atoms with Gasteiger partial charge in [0.25, 0.3) is 0 Å². The number of hydrogen-bond donors (Lipinski definition) is 0. The van der Waals surface area contributed by atoms with Crippen molar-refractivity contribution in [3.63, 3.8) is 0 Å². The molecular formula is C8H17NS. The molecule has 0 amide bonds.